The van der Waals surface area contributed by atoms with E-state index in [1.165, 1.54) is 0 Å². The molecule has 5 heteroatoms. The molecule has 0 aromatic carbocycles. The molecule has 4 nitrogen and oxygen atoms in total. The zero-order valence-electron chi connectivity index (χ0n) is 9.27. The third kappa shape index (κ3) is 1.92. The summed E-state index contributed by atoms with van der Waals surface area (Å²) in [7, 11) is 1.68. The lowest BCUT2D eigenvalue weighted by Gasteiger charge is -2.07. The minimum Gasteiger partial charge on any atom is -0.384 e. The second-order valence-corrected chi connectivity index (χ2v) is 4.73. The van der Waals surface area contributed by atoms with Gasteiger partial charge in [0.2, 0.25) is 0 Å². The van der Waals surface area contributed by atoms with Crippen LogP contribution in [0.5, 0.6) is 0 Å². The second-order valence-electron chi connectivity index (χ2n) is 3.81. The summed E-state index contributed by atoms with van der Waals surface area (Å²) < 4.78 is 7.98. The predicted molar refractivity (Wildman–Crippen MR) is 67.6 cm³/mol. The Bertz CT molecular complexity index is 509. The predicted octanol–water partition coefficient (Wildman–Crippen LogP) is 2.43. The maximum absolute atomic E-state index is 6.06. The zero-order chi connectivity index (χ0) is 11.7. The summed E-state index contributed by atoms with van der Waals surface area (Å²) in [5, 5.41) is 0. The highest BCUT2D eigenvalue weighted by Crippen LogP contribution is 2.24. The Hall–Kier alpha value is -1.07. The molecule has 0 bridgehead atoms. The van der Waals surface area contributed by atoms with Gasteiger partial charge in [0.25, 0.3) is 0 Å². The van der Waals surface area contributed by atoms with Crippen LogP contribution in [0.4, 0.5) is 5.82 Å². The number of rotatable bonds is 3. The van der Waals surface area contributed by atoms with Gasteiger partial charge in [0, 0.05) is 23.7 Å². The monoisotopic (exact) mass is 283 g/mol. The number of ether oxygens (including phenoxy) is 1. The van der Waals surface area contributed by atoms with E-state index in [9.17, 15) is 0 Å². The van der Waals surface area contributed by atoms with Gasteiger partial charge >= 0.3 is 0 Å². The summed E-state index contributed by atoms with van der Waals surface area (Å²) in [5.41, 5.74) is 7.81. The number of hydrogen-bond acceptors (Lipinski definition) is 3. The Kier molecular flexibility index (Phi) is 3.16. The fraction of sp³-hybridized carbons (Fsp3) is 0.364. The first kappa shape index (κ1) is 11.4. The molecular formula is C11H14BrN3O. The number of hydrogen-bond donors (Lipinski definition) is 1. The topological polar surface area (TPSA) is 52.5 Å². The van der Waals surface area contributed by atoms with E-state index in [0.29, 0.717) is 12.4 Å². The molecule has 1 unspecified atom stereocenters. The molecule has 0 fully saturated rings. The molecule has 0 amide bonds. The summed E-state index contributed by atoms with van der Waals surface area (Å²) in [4.78, 5) is 4.51. The Morgan fingerprint density at radius 1 is 1.56 bits per heavy atom. The molecule has 2 heterocycles. The van der Waals surface area contributed by atoms with E-state index in [-0.39, 0.29) is 5.92 Å². The van der Waals surface area contributed by atoms with Gasteiger partial charge in [-0.05, 0) is 28.1 Å². The highest BCUT2D eigenvalue weighted by atomic mass is 79.9. The van der Waals surface area contributed by atoms with E-state index in [2.05, 4.69) is 27.8 Å². The number of nitrogen functional groups attached to an aromatic ring is 1. The minimum absolute atomic E-state index is 0.198. The first-order valence-corrected chi connectivity index (χ1v) is 5.84. The largest absolute Gasteiger partial charge is 0.384 e. The minimum atomic E-state index is 0.198. The van der Waals surface area contributed by atoms with Gasteiger partial charge in [-0.25, -0.2) is 4.98 Å². The normalized spacial score (nSPS) is 13.2. The van der Waals surface area contributed by atoms with Gasteiger partial charge in [-0.2, -0.15) is 0 Å². The SMILES string of the molecule is COCC(C)c1nc2ccc(Br)cn2c1N. The van der Waals surface area contributed by atoms with Crippen molar-refractivity contribution in [2.45, 2.75) is 12.8 Å². The average Bonchev–Trinajstić information content (AvgIpc) is 2.57. The van der Waals surface area contributed by atoms with Crippen LogP contribution < -0.4 is 5.73 Å². The highest BCUT2D eigenvalue weighted by molar-refractivity contribution is 9.10. The molecule has 2 rings (SSSR count). The fourth-order valence-corrected chi connectivity index (χ4v) is 2.08. The number of halogens is 1. The Labute approximate surface area is 103 Å². The van der Waals surface area contributed by atoms with Crippen LogP contribution in [0.3, 0.4) is 0 Å². The van der Waals surface area contributed by atoms with Crippen molar-refractivity contribution in [1.29, 1.82) is 0 Å². The first-order valence-electron chi connectivity index (χ1n) is 5.05. The van der Waals surface area contributed by atoms with Crippen molar-refractivity contribution >= 4 is 27.4 Å². The van der Waals surface area contributed by atoms with E-state index < -0.39 is 0 Å². The molecule has 0 saturated heterocycles. The van der Waals surface area contributed by atoms with Gasteiger partial charge in [-0.15, -0.1) is 0 Å². The number of nitrogens with zero attached hydrogens (tertiary/aromatic N) is 2. The quantitative estimate of drug-likeness (QED) is 0.941. The molecule has 2 N–H and O–H groups in total. The van der Waals surface area contributed by atoms with Gasteiger partial charge in [-0.3, -0.25) is 4.40 Å². The van der Waals surface area contributed by atoms with Crippen LogP contribution >= 0.6 is 15.9 Å². The van der Waals surface area contributed by atoms with Crippen molar-refractivity contribution in [3.8, 4) is 0 Å². The van der Waals surface area contributed by atoms with Gasteiger partial charge in [0.15, 0.2) is 0 Å². The summed E-state index contributed by atoms with van der Waals surface area (Å²) in [6.07, 6.45) is 1.92. The van der Waals surface area contributed by atoms with Crippen LogP contribution in [0, 0.1) is 0 Å². The van der Waals surface area contributed by atoms with Gasteiger partial charge in [0.05, 0.1) is 12.3 Å². The van der Waals surface area contributed by atoms with Gasteiger partial charge in [0.1, 0.15) is 11.5 Å². The standard InChI is InChI=1S/C11H14BrN3O/c1-7(6-16-2)10-11(13)15-5-8(12)3-4-9(15)14-10/h3-5,7H,6,13H2,1-2H3. The molecule has 2 aromatic heterocycles. The number of fused-ring (bicyclic) bond motifs is 1. The number of methoxy groups -OCH3 is 1. The van der Waals surface area contributed by atoms with Crippen LogP contribution in [0.25, 0.3) is 5.65 Å². The van der Waals surface area contributed by atoms with Crippen LogP contribution in [-0.4, -0.2) is 23.1 Å². The third-order valence-corrected chi connectivity index (χ3v) is 3.00. The molecular weight excluding hydrogens is 270 g/mol. The lowest BCUT2D eigenvalue weighted by molar-refractivity contribution is 0.183. The molecule has 0 aliphatic carbocycles. The molecule has 0 spiro atoms. The molecule has 0 aliphatic heterocycles. The highest BCUT2D eigenvalue weighted by Gasteiger charge is 2.15. The van der Waals surface area contributed by atoms with Crippen LogP contribution in [-0.2, 0) is 4.74 Å². The van der Waals surface area contributed by atoms with E-state index >= 15 is 0 Å². The van der Waals surface area contributed by atoms with E-state index in [1.807, 2.05) is 22.7 Å². The number of aromatic nitrogens is 2. The molecule has 16 heavy (non-hydrogen) atoms. The van der Waals surface area contributed by atoms with Crippen molar-refractivity contribution in [1.82, 2.24) is 9.38 Å². The molecule has 0 aliphatic rings. The number of imidazole rings is 1. The number of anilines is 1. The van der Waals surface area contributed by atoms with Gasteiger partial charge in [-0.1, -0.05) is 6.92 Å². The van der Waals surface area contributed by atoms with Crippen molar-refractivity contribution in [2.24, 2.45) is 0 Å². The van der Waals surface area contributed by atoms with Crippen LogP contribution in [0.2, 0.25) is 0 Å². The van der Waals surface area contributed by atoms with Crippen LogP contribution in [0.1, 0.15) is 18.5 Å². The summed E-state index contributed by atoms with van der Waals surface area (Å²) in [5.74, 6) is 0.879. The molecule has 0 radical (unpaired) electrons. The average molecular weight is 284 g/mol. The Morgan fingerprint density at radius 2 is 2.31 bits per heavy atom. The second kappa shape index (κ2) is 4.43. The summed E-state index contributed by atoms with van der Waals surface area (Å²) in [6.45, 7) is 2.67. The summed E-state index contributed by atoms with van der Waals surface area (Å²) in [6, 6.07) is 3.88. The molecule has 2 aromatic rings. The van der Waals surface area contributed by atoms with Crippen molar-refractivity contribution in [2.75, 3.05) is 19.5 Å². The molecule has 0 saturated carbocycles. The van der Waals surface area contributed by atoms with Crippen molar-refractivity contribution in [3.05, 3.63) is 28.5 Å². The zero-order valence-corrected chi connectivity index (χ0v) is 10.9. The molecule has 86 valence electrons. The maximum Gasteiger partial charge on any atom is 0.138 e. The number of nitrogens with two attached hydrogens (primary N) is 1. The maximum atomic E-state index is 6.06. The van der Waals surface area contributed by atoms with Crippen molar-refractivity contribution < 1.29 is 4.74 Å². The Balaban J connectivity index is 2.51. The fourth-order valence-electron chi connectivity index (χ4n) is 1.75. The number of pyridine rings is 1. The molecule has 1 atom stereocenters. The smallest absolute Gasteiger partial charge is 0.138 e. The van der Waals surface area contributed by atoms with E-state index in [0.717, 1.165) is 15.8 Å². The van der Waals surface area contributed by atoms with Gasteiger partial charge < -0.3 is 10.5 Å². The lowest BCUT2D eigenvalue weighted by atomic mass is 10.1. The third-order valence-electron chi connectivity index (χ3n) is 2.53. The van der Waals surface area contributed by atoms with E-state index in [1.54, 1.807) is 7.11 Å². The Morgan fingerprint density at radius 3 is 3.00 bits per heavy atom. The summed E-state index contributed by atoms with van der Waals surface area (Å²) >= 11 is 3.41. The van der Waals surface area contributed by atoms with Crippen molar-refractivity contribution in [3.63, 3.8) is 0 Å². The lowest BCUT2D eigenvalue weighted by Crippen LogP contribution is -2.05. The van der Waals surface area contributed by atoms with E-state index in [4.69, 9.17) is 10.5 Å². The first-order chi connectivity index (χ1) is 7.63. The van der Waals surface area contributed by atoms with Crippen LogP contribution in [0.15, 0.2) is 22.8 Å².